The van der Waals surface area contributed by atoms with Crippen LogP contribution in [0, 0.1) is 0 Å². The van der Waals surface area contributed by atoms with Crippen LogP contribution in [0.4, 0.5) is 0 Å². The summed E-state index contributed by atoms with van der Waals surface area (Å²) < 4.78 is 1.87. The summed E-state index contributed by atoms with van der Waals surface area (Å²) in [5.74, 6) is 0. The van der Waals surface area contributed by atoms with Crippen LogP contribution < -0.4 is 5.48 Å². The van der Waals surface area contributed by atoms with Gasteiger partial charge in [-0.15, -0.1) is 0 Å². The molecule has 0 aliphatic carbocycles. The van der Waals surface area contributed by atoms with Gasteiger partial charge in [0.2, 0.25) is 0 Å². The van der Waals surface area contributed by atoms with Crippen molar-refractivity contribution in [3.8, 4) is 0 Å². The van der Waals surface area contributed by atoms with Crippen LogP contribution in [-0.4, -0.2) is 14.8 Å². The molecule has 0 saturated heterocycles. The number of hydroxylamine groups is 1. The summed E-state index contributed by atoms with van der Waals surface area (Å²) in [6.07, 6.45) is 1.65. The number of nitrogens with zero attached hydrogens (tertiary/aromatic N) is 2. The van der Waals surface area contributed by atoms with E-state index in [1.807, 2.05) is 17.0 Å². The minimum absolute atomic E-state index is 0.326. The van der Waals surface area contributed by atoms with Crippen molar-refractivity contribution < 1.29 is 5.21 Å². The molecule has 4 nitrogen and oxygen atoms in total. The summed E-state index contributed by atoms with van der Waals surface area (Å²) in [4.78, 5) is 3.88. The first-order chi connectivity index (χ1) is 5.29. The highest BCUT2D eigenvalue weighted by atomic mass is 35.5. The highest BCUT2D eigenvalue weighted by Gasteiger charge is 2.05. The second-order valence-electron chi connectivity index (χ2n) is 2.10. The third-order valence-corrected chi connectivity index (χ3v) is 1.80. The molecule has 0 aromatic carbocycles. The zero-order chi connectivity index (χ0) is 8.27. The number of halogens is 1. The minimum Gasteiger partial charge on any atom is -0.332 e. The Morgan fingerprint density at radius 3 is 3.09 bits per heavy atom. The van der Waals surface area contributed by atoms with Gasteiger partial charge in [-0.25, -0.2) is 4.98 Å². The molecule has 2 N–H and O–H groups in total. The van der Waals surface area contributed by atoms with Gasteiger partial charge in [0.05, 0.1) is 18.6 Å². The van der Waals surface area contributed by atoms with Crippen molar-refractivity contribution in [1.82, 2.24) is 15.0 Å². The molecule has 0 spiro atoms. The lowest BCUT2D eigenvalue weighted by Crippen LogP contribution is -2.11. The fraction of sp³-hybridized carbons (Fsp3) is 0.500. The Hall–Kier alpha value is -0.580. The van der Waals surface area contributed by atoms with E-state index in [0.29, 0.717) is 11.7 Å². The molecule has 0 bridgehead atoms. The van der Waals surface area contributed by atoms with Crippen LogP contribution in [0.15, 0.2) is 6.33 Å². The van der Waals surface area contributed by atoms with Gasteiger partial charge in [-0.05, 0) is 6.92 Å². The van der Waals surface area contributed by atoms with Crippen LogP contribution in [0.2, 0.25) is 5.15 Å². The summed E-state index contributed by atoms with van der Waals surface area (Å²) in [6, 6.07) is 0. The van der Waals surface area contributed by atoms with Gasteiger partial charge >= 0.3 is 0 Å². The van der Waals surface area contributed by atoms with Crippen molar-refractivity contribution in [2.45, 2.75) is 20.0 Å². The molecule has 1 rings (SSSR count). The van der Waals surface area contributed by atoms with E-state index in [1.54, 1.807) is 6.33 Å². The average molecular weight is 176 g/mol. The highest BCUT2D eigenvalue weighted by Crippen LogP contribution is 2.12. The number of imidazole rings is 1. The normalized spacial score (nSPS) is 10.5. The Morgan fingerprint density at radius 1 is 1.82 bits per heavy atom. The topological polar surface area (TPSA) is 50.1 Å². The molecule has 1 aromatic heterocycles. The highest BCUT2D eigenvalue weighted by molar-refractivity contribution is 6.30. The number of aromatic nitrogens is 2. The lowest BCUT2D eigenvalue weighted by molar-refractivity contribution is 0.159. The molecule has 62 valence electrons. The molecule has 11 heavy (non-hydrogen) atoms. The van der Waals surface area contributed by atoms with Gasteiger partial charge in [0.1, 0.15) is 0 Å². The van der Waals surface area contributed by atoms with E-state index in [9.17, 15) is 0 Å². The monoisotopic (exact) mass is 175 g/mol. The standard InChI is InChI=1S/C6H10ClN3O/c1-2-10-4-8-6(7)5(10)3-9-11/h4,9,11H,2-3H2,1H3. The lowest BCUT2D eigenvalue weighted by Gasteiger charge is -2.02. The van der Waals surface area contributed by atoms with E-state index in [-0.39, 0.29) is 0 Å². The molecular weight excluding hydrogens is 166 g/mol. The average Bonchev–Trinajstić information content (AvgIpc) is 2.34. The van der Waals surface area contributed by atoms with Gasteiger partial charge in [-0.2, -0.15) is 5.48 Å². The molecule has 0 radical (unpaired) electrons. The van der Waals surface area contributed by atoms with Crippen LogP contribution in [-0.2, 0) is 13.1 Å². The molecular formula is C6H10ClN3O. The van der Waals surface area contributed by atoms with Crippen LogP contribution in [0.5, 0.6) is 0 Å². The fourth-order valence-electron chi connectivity index (χ4n) is 0.905. The van der Waals surface area contributed by atoms with E-state index < -0.39 is 0 Å². The van der Waals surface area contributed by atoms with E-state index in [0.717, 1.165) is 12.2 Å². The molecule has 0 amide bonds. The van der Waals surface area contributed by atoms with Gasteiger partial charge in [0.25, 0.3) is 0 Å². The molecule has 1 heterocycles. The predicted molar refractivity (Wildman–Crippen MR) is 41.5 cm³/mol. The van der Waals surface area contributed by atoms with Crippen molar-refractivity contribution in [2.24, 2.45) is 0 Å². The molecule has 0 atom stereocenters. The van der Waals surface area contributed by atoms with Gasteiger partial charge in [-0.1, -0.05) is 11.6 Å². The van der Waals surface area contributed by atoms with Crippen molar-refractivity contribution in [3.63, 3.8) is 0 Å². The van der Waals surface area contributed by atoms with Crippen LogP contribution in [0.1, 0.15) is 12.6 Å². The summed E-state index contributed by atoms with van der Waals surface area (Å²) in [5.41, 5.74) is 2.84. The number of hydrogen-bond acceptors (Lipinski definition) is 3. The number of rotatable bonds is 3. The molecule has 0 aliphatic heterocycles. The third-order valence-electron chi connectivity index (χ3n) is 1.48. The van der Waals surface area contributed by atoms with E-state index in [2.05, 4.69) is 4.98 Å². The van der Waals surface area contributed by atoms with E-state index >= 15 is 0 Å². The van der Waals surface area contributed by atoms with Crippen LogP contribution >= 0.6 is 11.6 Å². The van der Waals surface area contributed by atoms with Crippen molar-refractivity contribution in [1.29, 1.82) is 0 Å². The first kappa shape index (κ1) is 8.52. The summed E-state index contributed by atoms with van der Waals surface area (Å²) in [7, 11) is 0. The Labute approximate surface area is 69.8 Å². The first-order valence-corrected chi connectivity index (χ1v) is 3.73. The summed E-state index contributed by atoms with van der Waals surface area (Å²) in [5, 5.41) is 8.87. The van der Waals surface area contributed by atoms with Gasteiger partial charge in [0, 0.05) is 6.54 Å². The van der Waals surface area contributed by atoms with Gasteiger partial charge in [-0.3, -0.25) is 0 Å². The summed E-state index contributed by atoms with van der Waals surface area (Å²) in [6.45, 7) is 3.11. The second-order valence-corrected chi connectivity index (χ2v) is 2.46. The Bertz CT molecular complexity index is 236. The Balaban J connectivity index is 2.88. The molecule has 0 saturated carbocycles. The quantitative estimate of drug-likeness (QED) is 0.675. The smallest absolute Gasteiger partial charge is 0.151 e. The molecule has 0 unspecified atom stereocenters. The number of hydrogen-bond donors (Lipinski definition) is 2. The fourth-order valence-corrected chi connectivity index (χ4v) is 1.12. The Morgan fingerprint density at radius 2 is 2.55 bits per heavy atom. The molecule has 0 aliphatic rings. The van der Waals surface area contributed by atoms with Gasteiger partial charge < -0.3 is 9.77 Å². The molecule has 5 heteroatoms. The van der Waals surface area contributed by atoms with Crippen LogP contribution in [0.25, 0.3) is 0 Å². The number of nitrogens with one attached hydrogen (secondary N) is 1. The van der Waals surface area contributed by atoms with Crippen molar-refractivity contribution in [3.05, 3.63) is 17.2 Å². The zero-order valence-corrected chi connectivity index (χ0v) is 6.97. The second kappa shape index (κ2) is 3.71. The maximum absolute atomic E-state index is 8.43. The molecule has 1 aromatic rings. The largest absolute Gasteiger partial charge is 0.332 e. The SMILES string of the molecule is CCn1cnc(Cl)c1CNO. The van der Waals surface area contributed by atoms with E-state index in [4.69, 9.17) is 16.8 Å². The van der Waals surface area contributed by atoms with Crippen LogP contribution in [0.3, 0.4) is 0 Å². The predicted octanol–water partition coefficient (Wildman–Crippen LogP) is 1.04. The summed E-state index contributed by atoms with van der Waals surface area (Å²) >= 11 is 5.72. The number of aryl methyl sites for hydroxylation is 1. The maximum atomic E-state index is 8.43. The molecule has 0 fully saturated rings. The third kappa shape index (κ3) is 1.71. The van der Waals surface area contributed by atoms with Crippen molar-refractivity contribution in [2.75, 3.05) is 0 Å². The minimum atomic E-state index is 0.326. The lowest BCUT2D eigenvalue weighted by atomic mass is 10.4. The van der Waals surface area contributed by atoms with E-state index in [1.165, 1.54) is 0 Å². The zero-order valence-electron chi connectivity index (χ0n) is 6.21. The Kier molecular flexibility index (Phi) is 2.87. The van der Waals surface area contributed by atoms with Gasteiger partial charge in [0.15, 0.2) is 5.15 Å². The maximum Gasteiger partial charge on any atom is 0.151 e. The first-order valence-electron chi connectivity index (χ1n) is 3.36. The van der Waals surface area contributed by atoms with Crippen molar-refractivity contribution >= 4 is 11.6 Å².